The van der Waals surface area contributed by atoms with E-state index in [9.17, 15) is 0 Å². The first-order chi connectivity index (χ1) is 7.61. The van der Waals surface area contributed by atoms with Crippen molar-refractivity contribution in [3.8, 4) is 0 Å². The average molecular weight is 225 g/mol. The summed E-state index contributed by atoms with van der Waals surface area (Å²) in [7, 11) is 0. The molecule has 0 aliphatic carbocycles. The Labute approximate surface area is 98.2 Å². The second-order valence-electron chi connectivity index (χ2n) is 4.67. The molecule has 2 heterocycles. The van der Waals surface area contributed by atoms with Gasteiger partial charge in [-0.2, -0.15) is 0 Å². The predicted molar refractivity (Wildman–Crippen MR) is 68.0 cm³/mol. The predicted octanol–water partition coefficient (Wildman–Crippen LogP) is 2.06. The number of hydrogen-bond donors (Lipinski definition) is 1. The van der Waals surface area contributed by atoms with Crippen molar-refractivity contribution in [1.29, 1.82) is 0 Å². The quantitative estimate of drug-likeness (QED) is 0.782. The molecular formula is C12H23N3O. The first kappa shape index (κ1) is 13.0. The molecule has 0 bridgehead atoms. The summed E-state index contributed by atoms with van der Waals surface area (Å²) in [6.45, 7) is 11.4. The molecule has 2 aliphatic heterocycles. The molecule has 0 amide bonds. The Bertz CT molecular complexity index is 241. The van der Waals surface area contributed by atoms with Crippen molar-refractivity contribution in [2.75, 3.05) is 19.7 Å². The molecule has 2 aliphatic rings. The molecule has 0 saturated carbocycles. The smallest absolute Gasteiger partial charge is 0.122 e. The molecule has 16 heavy (non-hydrogen) atoms. The highest BCUT2D eigenvalue weighted by Gasteiger charge is 2.10. The monoisotopic (exact) mass is 225 g/mol. The maximum absolute atomic E-state index is 4.81. The van der Waals surface area contributed by atoms with Crippen molar-refractivity contribution < 1.29 is 4.84 Å². The molecule has 0 aromatic carbocycles. The van der Waals surface area contributed by atoms with Gasteiger partial charge in [-0.05, 0) is 5.92 Å². The van der Waals surface area contributed by atoms with E-state index in [2.05, 4.69) is 43.2 Å². The number of hydrogen-bond acceptors (Lipinski definition) is 4. The Hall–Kier alpha value is -1.06. The second kappa shape index (κ2) is 6.51. The van der Waals surface area contributed by atoms with E-state index in [1.54, 1.807) is 0 Å². The summed E-state index contributed by atoms with van der Waals surface area (Å²) in [6, 6.07) is 0. The van der Waals surface area contributed by atoms with E-state index in [0.717, 1.165) is 26.1 Å². The van der Waals surface area contributed by atoms with Crippen LogP contribution in [0, 0.1) is 11.8 Å². The standard InChI is InChI=1S/C6H12N2.C6H11NO/c1-5(2)6-7-3-4-8-6;1-5(2)6-3-4-8-7-6/h5H,3-4H2,1-2H3,(H,7,8);5H,3-4H2,1-2H3. The number of nitrogens with one attached hydrogen (secondary N) is 1. The lowest BCUT2D eigenvalue weighted by molar-refractivity contribution is 0.173. The van der Waals surface area contributed by atoms with Gasteiger partial charge in [0, 0.05) is 18.9 Å². The minimum absolute atomic E-state index is 0.567. The number of nitrogens with zero attached hydrogens (tertiary/aromatic N) is 2. The summed E-state index contributed by atoms with van der Waals surface area (Å²) in [5, 5.41) is 7.06. The van der Waals surface area contributed by atoms with Crippen LogP contribution in [0.15, 0.2) is 10.1 Å². The molecule has 0 atom stereocenters. The highest BCUT2D eigenvalue weighted by atomic mass is 16.6. The van der Waals surface area contributed by atoms with Gasteiger partial charge in [-0.3, -0.25) is 4.99 Å². The molecule has 0 unspecified atom stereocenters. The van der Waals surface area contributed by atoms with Gasteiger partial charge in [-0.1, -0.05) is 32.9 Å². The molecule has 2 rings (SSSR count). The summed E-state index contributed by atoms with van der Waals surface area (Å²) in [5.41, 5.74) is 1.20. The summed E-state index contributed by atoms with van der Waals surface area (Å²) < 4.78 is 0. The van der Waals surface area contributed by atoms with Gasteiger partial charge in [0.1, 0.15) is 6.61 Å². The number of amidine groups is 1. The lowest BCUT2D eigenvalue weighted by atomic mass is 10.1. The molecule has 0 spiro atoms. The summed E-state index contributed by atoms with van der Waals surface area (Å²) in [4.78, 5) is 9.05. The van der Waals surface area contributed by atoms with E-state index in [4.69, 9.17) is 4.84 Å². The molecule has 0 saturated heterocycles. The summed E-state index contributed by atoms with van der Waals surface area (Å²) in [6.07, 6.45) is 1.03. The largest absolute Gasteiger partial charge is 0.395 e. The zero-order valence-corrected chi connectivity index (χ0v) is 10.8. The van der Waals surface area contributed by atoms with E-state index in [0.29, 0.717) is 11.8 Å². The molecule has 0 radical (unpaired) electrons. The maximum atomic E-state index is 4.81. The van der Waals surface area contributed by atoms with E-state index in [-0.39, 0.29) is 0 Å². The Kier molecular flexibility index (Phi) is 5.29. The van der Waals surface area contributed by atoms with Crippen molar-refractivity contribution in [2.24, 2.45) is 22.0 Å². The van der Waals surface area contributed by atoms with Gasteiger partial charge < -0.3 is 10.2 Å². The van der Waals surface area contributed by atoms with Gasteiger partial charge in [0.05, 0.1) is 18.1 Å². The van der Waals surface area contributed by atoms with Crippen molar-refractivity contribution in [2.45, 2.75) is 34.1 Å². The molecule has 4 heteroatoms. The van der Waals surface area contributed by atoms with Gasteiger partial charge in [0.15, 0.2) is 0 Å². The Morgan fingerprint density at radius 3 is 2.19 bits per heavy atom. The second-order valence-corrected chi connectivity index (χ2v) is 4.67. The zero-order chi connectivity index (χ0) is 12.0. The van der Waals surface area contributed by atoms with Gasteiger partial charge in [0.2, 0.25) is 0 Å². The normalized spacial score (nSPS) is 18.6. The maximum Gasteiger partial charge on any atom is 0.122 e. The minimum atomic E-state index is 0.567. The Morgan fingerprint density at radius 1 is 1.19 bits per heavy atom. The van der Waals surface area contributed by atoms with E-state index >= 15 is 0 Å². The van der Waals surface area contributed by atoms with Crippen LogP contribution >= 0.6 is 0 Å². The van der Waals surface area contributed by atoms with Gasteiger partial charge in [-0.25, -0.2) is 0 Å². The Morgan fingerprint density at radius 2 is 1.94 bits per heavy atom. The molecule has 0 aromatic rings. The van der Waals surface area contributed by atoms with Crippen LogP contribution in [0.25, 0.3) is 0 Å². The lowest BCUT2D eigenvalue weighted by Crippen LogP contribution is -2.23. The summed E-state index contributed by atoms with van der Waals surface area (Å²) >= 11 is 0. The van der Waals surface area contributed by atoms with E-state index < -0.39 is 0 Å². The fourth-order valence-electron chi connectivity index (χ4n) is 1.52. The first-order valence-electron chi connectivity index (χ1n) is 6.08. The van der Waals surface area contributed by atoms with Crippen LogP contribution < -0.4 is 5.32 Å². The third kappa shape index (κ3) is 4.21. The fraction of sp³-hybridized carbons (Fsp3) is 0.833. The van der Waals surface area contributed by atoms with E-state index in [1.807, 2.05) is 0 Å². The van der Waals surface area contributed by atoms with Crippen LogP contribution in [0.4, 0.5) is 0 Å². The van der Waals surface area contributed by atoms with Crippen molar-refractivity contribution in [3.63, 3.8) is 0 Å². The van der Waals surface area contributed by atoms with Crippen LogP contribution in [-0.4, -0.2) is 31.2 Å². The first-order valence-corrected chi connectivity index (χ1v) is 6.08. The topological polar surface area (TPSA) is 46.0 Å². The zero-order valence-electron chi connectivity index (χ0n) is 10.8. The van der Waals surface area contributed by atoms with Crippen molar-refractivity contribution >= 4 is 11.5 Å². The number of oxime groups is 1. The number of rotatable bonds is 2. The van der Waals surface area contributed by atoms with Crippen LogP contribution in [0.1, 0.15) is 34.1 Å². The van der Waals surface area contributed by atoms with Gasteiger partial charge in [-0.15, -0.1) is 0 Å². The Balaban J connectivity index is 0.000000160. The van der Waals surface area contributed by atoms with Crippen molar-refractivity contribution in [1.82, 2.24) is 5.32 Å². The molecule has 1 N–H and O–H groups in total. The average Bonchev–Trinajstić information content (AvgIpc) is 2.93. The van der Waals surface area contributed by atoms with Gasteiger partial charge in [0.25, 0.3) is 0 Å². The minimum Gasteiger partial charge on any atom is -0.395 e. The van der Waals surface area contributed by atoms with Crippen LogP contribution in [0.3, 0.4) is 0 Å². The van der Waals surface area contributed by atoms with Crippen LogP contribution in [0.5, 0.6) is 0 Å². The molecule has 0 aromatic heterocycles. The van der Waals surface area contributed by atoms with Crippen LogP contribution in [-0.2, 0) is 4.84 Å². The number of aliphatic imine (C=N–C) groups is 1. The SMILES string of the molecule is CC(C)C1=NCCN1.CC(C)C1=NOCC1. The molecular weight excluding hydrogens is 202 g/mol. The van der Waals surface area contributed by atoms with Crippen molar-refractivity contribution in [3.05, 3.63) is 0 Å². The highest BCUT2D eigenvalue weighted by molar-refractivity contribution is 5.86. The molecule has 0 fully saturated rings. The van der Waals surface area contributed by atoms with E-state index in [1.165, 1.54) is 11.5 Å². The highest BCUT2D eigenvalue weighted by Crippen LogP contribution is 2.07. The van der Waals surface area contributed by atoms with Crippen LogP contribution in [0.2, 0.25) is 0 Å². The third-order valence-corrected chi connectivity index (χ3v) is 2.54. The fourth-order valence-corrected chi connectivity index (χ4v) is 1.52. The third-order valence-electron chi connectivity index (χ3n) is 2.54. The molecule has 92 valence electrons. The lowest BCUT2D eigenvalue weighted by Gasteiger charge is -2.02. The van der Waals surface area contributed by atoms with Gasteiger partial charge >= 0.3 is 0 Å². The summed E-state index contributed by atoms with van der Waals surface area (Å²) in [5.74, 6) is 2.32. The molecule has 4 nitrogen and oxygen atoms in total.